The van der Waals surface area contributed by atoms with Crippen LogP contribution in [0.3, 0.4) is 0 Å². The normalized spacial score (nSPS) is 17.5. The molecule has 1 aromatic heterocycles. The van der Waals surface area contributed by atoms with Gasteiger partial charge in [0.05, 0.1) is 6.33 Å². The van der Waals surface area contributed by atoms with Crippen molar-refractivity contribution >= 4 is 0 Å². The molecular weight excluding hydrogens is 287 g/mol. The molecular formula is C20H19FN2. The summed E-state index contributed by atoms with van der Waals surface area (Å²) in [7, 11) is 0. The molecule has 0 fully saturated rings. The summed E-state index contributed by atoms with van der Waals surface area (Å²) in [4.78, 5) is 4.35. The van der Waals surface area contributed by atoms with E-state index in [4.69, 9.17) is 0 Å². The van der Waals surface area contributed by atoms with Crippen molar-refractivity contribution < 1.29 is 4.39 Å². The number of hydrogen-bond acceptors (Lipinski definition) is 1. The molecule has 3 heteroatoms. The molecule has 2 aromatic carbocycles. The molecule has 1 unspecified atom stereocenters. The molecule has 4 rings (SSSR count). The van der Waals surface area contributed by atoms with Crippen LogP contribution in [0.2, 0.25) is 0 Å². The summed E-state index contributed by atoms with van der Waals surface area (Å²) in [6.07, 6.45) is 7.47. The Morgan fingerprint density at radius 3 is 2.70 bits per heavy atom. The number of aromatic nitrogens is 2. The highest BCUT2D eigenvalue weighted by Crippen LogP contribution is 2.37. The number of fused-ring (bicyclic) bond motifs is 1. The van der Waals surface area contributed by atoms with Gasteiger partial charge in [0.1, 0.15) is 5.82 Å². The molecule has 1 aliphatic rings. The van der Waals surface area contributed by atoms with Crippen LogP contribution in [0.4, 0.5) is 4.39 Å². The van der Waals surface area contributed by atoms with Gasteiger partial charge in [-0.05, 0) is 41.7 Å². The van der Waals surface area contributed by atoms with Gasteiger partial charge in [-0.15, -0.1) is 0 Å². The Morgan fingerprint density at radius 2 is 1.83 bits per heavy atom. The maximum atomic E-state index is 13.3. The van der Waals surface area contributed by atoms with E-state index in [2.05, 4.69) is 33.8 Å². The van der Waals surface area contributed by atoms with E-state index in [1.807, 2.05) is 24.7 Å². The van der Waals surface area contributed by atoms with E-state index in [9.17, 15) is 4.39 Å². The van der Waals surface area contributed by atoms with Crippen LogP contribution in [0.15, 0.2) is 61.1 Å². The van der Waals surface area contributed by atoms with Crippen molar-refractivity contribution in [3.8, 4) is 11.1 Å². The Hall–Kier alpha value is -2.42. The molecule has 0 N–H and O–H groups in total. The van der Waals surface area contributed by atoms with Gasteiger partial charge >= 0.3 is 0 Å². The molecule has 0 saturated carbocycles. The van der Waals surface area contributed by atoms with E-state index >= 15 is 0 Å². The van der Waals surface area contributed by atoms with Crippen molar-refractivity contribution in [1.82, 2.24) is 9.55 Å². The third-order valence-corrected chi connectivity index (χ3v) is 4.73. The van der Waals surface area contributed by atoms with Gasteiger partial charge in [-0.2, -0.15) is 0 Å². The second-order valence-corrected chi connectivity index (χ2v) is 6.15. The number of imidazole rings is 1. The zero-order valence-electron chi connectivity index (χ0n) is 13.0. The lowest BCUT2D eigenvalue weighted by Gasteiger charge is -2.20. The molecule has 1 atom stereocenters. The second kappa shape index (κ2) is 5.99. The molecule has 2 heterocycles. The monoisotopic (exact) mass is 306 g/mol. The lowest BCUT2D eigenvalue weighted by Crippen LogP contribution is -2.06. The predicted molar refractivity (Wildman–Crippen MR) is 89.8 cm³/mol. The first-order valence-electron chi connectivity index (χ1n) is 8.18. The Balaban J connectivity index is 1.83. The zero-order valence-corrected chi connectivity index (χ0v) is 13.0. The Labute approximate surface area is 135 Å². The lowest BCUT2D eigenvalue weighted by atomic mass is 9.86. The first-order chi connectivity index (χ1) is 11.3. The van der Waals surface area contributed by atoms with Crippen LogP contribution in [0.1, 0.15) is 36.4 Å². The van der Waals surface area contributed by atoms with E-state index in [0.29, 0.717) is 5.92 Å². The van der Waals surface area contributed by atoms with Crippen molar-refractivity contribution in [3.05, 3.63) is 78.1 Å². The van der Waals surface area contributed by atoms with Gasteiger partial charge in [-0.1, -0.05) is 42.8 Å². The van der Waals surface area contributed by atoms with Crippen LogP contribution in [-0.2, 0) is 6.54 Å². The SMILES string of the molecule is Fc1ccc(-c2ccccc2C2CCCCn3cncc32)cc1. The highest BCUT2D eigenvalue weighted by Gasteiger charge is 2.23. The van der Waals surface area contributed by atoms with E-state index in [1.54, 1.807) is 0 Å². The smallest absolute Gasteiger partial charge is 0.123 e. The maximum Gasteiger partial charge on any atom is 0.123 e. The molecule has 2 nitrogen and oxygen atoms in total. The van der Waals surface area contributed by atoms with E-state index in [1.165, 1.54) is 41.8 Å². The minimum Gasteiger partial charge on any atom is -0.334 e. The Kier molecular flexibility index (Phi) is 3.70. The van der Waals surface area contributed by atoms with Gasteiger partial charge in [0.2, 0.25) is 0 Å². The molecule has 1 aliphatic heterocycles. The average molecular weight is 306 g/mol. The first kappa shape index (κ1) is 14.2. The highest BCUT2D eigenvalue weighted by atomic mass is 19.1. The number of benzene rings is 2. The number of hydrogen-bond donors (Lipinski definition) is 0. The van der Waals surface area contributed by atoms with Crippen molar-refractivity contribution in [2.75, 3.05) is 0 Å². The summed E-state index contributed by atoms with van der Waals surface area (Å²) in [5.41, 5.74) is 4.85. The molecule has 0 amide bonds. The van der Waals surface area contributed by atoms with Crippen LogP contribution < -0.4 is 0 Å². The molecule has 23 heavy (non-hydrogen) atoms. The lowest BCUT2D eigenvalue weighted by molar-refractivity contribution is 0.627. The zero-order chi connectivity index (χ0) is 15.6. The van der Waals surface area contributed by atoms with E-state index in [-0.39, 0.29) is 5.82 Å². The molecule has 0 aliphatic carbocycles. The van der Waals surface area contributed by atoms with Gasteiger partial charge in [0.25, 0.3) is 0 Å². The Morgan fingerprint density at radius 1 is 1.00 bits per heavy atom. The van der Waals surface area contributed by atoms with Crippen molar-refractivity contribution in [3.63, 3.8) is 0 Å². The van der Waals surface area contributed by atoms with Gasteiger partial charge in [0.15, 0.2) is 0 Å². The summed E-state index contributed by atoms with van der Waals surface area (Å²) in [5, 5.41) is 0. The summed E-state index contributed by atoms with van der Waals surface area (Å²) < 4.78 is 15.5. The van der Waals surface area contributed by atoms with Gasteiger partial charge in [0, 0.05) is 24.4 Å². The van der Waals surface area contributed by atoms with Crippen molar-refractivity contribution in [1.29, 1.82) is 0 Å². The summed E-state index contributed by atoms with van der Waals surface area (Å²) in [5.74, 6) is 0.153. The van der Waals surface area contributed by atoms with Crippen LogP contribution in [0.25, 0.3) is 11.1 Å². The van der Waals surface area contributed by atoms with Crippen molar-refractivity contribution in [2.24, 2.45) is 0 Å². The van der Waals surface area contributed by atoms with Gasteiger partial charge in [-0.25, -0.2) is 9.37 Å². The molecule has 3 aromatic rings. The Bertz CT molecular complexity index is 805. The second-order valence-electron chi connectivity index (χ2n) is 6.15. The third-order valence-electron chi connectivity index (χ3n) is 4.73. The largest absolute Gasteiger partial charge is 0.334 e. The number of aryl methyl sites for hydroxylation is 1. The maximum absolute atomic E-state index is 13.3. The number of halogens is 1. The summed E-state index contributed by atoms with van der Waals surface area (Å²) >= 11 is 0. The average Bonchev–Trinajstić information content (AvgIpc) is 2.95. The van der Waals surface area contributed by atoms with E-state index < -0.39 is 0 Å². The fraction of sp³-hybridized carbons (Fsp3) is 0.250. The molecule has 0 radical (unpaired) electrons. The first-order valence-corrected chi connectivity index (χ1v) is 8.18. The highest BCUT2D eigenvalue weighted by molar-refractivity contribution is 5.68. The number of rotatable bonds is 2. The molecule has 116 valence electrons. The molecule has 0 bridgehead atoms. The van der Waals surface area contributed by atoms with Crippen LogP contribution in [0.5, 0.6) is 0 Å². The molecule has 0 spiro atoms. The van der Waals surface area contributed by atoms with Crippen LogP contribution in [-0.4, -0.2) is 9.55 Å². The standard InChI is InChI=1S/C20H19FN2/c21-16-10-8-15(9-11-16)17-5-1-2-6-18(17)19-7-3-4-12-23-14-22-13-20(19)23/h1-2,5-6,8-11,13-14,19H,3-4,7,12H2. The minimum absolute atomic E-state index is 0.196. The number of nitrogens with zero attached hydrogens (tertiary/aromatic N) is 2. The fourth-order valence-electron chi connectivity index (χ4n) is 3.59. The quantitative estimate of drug-likeness (QED) is 0.651. The third kappa shape index (κ3) is 2.67. The molecule has 0 saturated heterocycles. The minimum atomic E-state index is -0.196. The predicted octanol–water partition coefficient (Wildman–Crippen LogP) is 5.01. The topological polar surface area (TPSA) is 17.8 Å². The van der Waals surface area contributed by atoms with E-state index in [0.717, 1.165) is 18.5 Å². The van der Waals surface area contributed by atoms with Crippen LogP contribution >= 0.6 is 0 Å². The van der Waals surface area contributed by atoms with Gasteiger partial charge < -0.3 is 4.57 Å². The summed E-state index contributed by atoms with van der Waals surface area (Å²) in [6.45, 7) is 1.05. The van der Waals surface area contributed by atoms with Gasteiger partial charge in [-0.3, -0.25) is 0 Å². The van der Waals surface area contributed by atoms with Crippen LogP contribution in [0, 0.1) is 5.82 Å². The van der Waals surface area contributed by atoms with Crippen molar-refractivity contribution in [2.45, 2.75) is 31.7 Å². The fourth-order valence-corrected chi connectivity index (χ4v) is 3.59. The summed E-state index contributed by atoms with van der Waals surface area (Å²) in [6, 6.07) is 15.3.